The van der Waals surface area contributed by atoms with Crippen molar-refractivity contribution in [1.82, 2.24) is 4.98 Å². The maximum absolute atomic E-state index is 12.7. The molecule has 0 unspecified atom stereocenters. The highest BCUT2D eigenvalue weighted by Gasteiger charge is 2.21. The highest BCUT2D eigenvalue weighted by molar-refractivity contribution is 5.97. The molecule has 0 atom stereocenters. The van der Waals surface area contributed by atoms with Crippen LogP contribution in [-0.2, 0) is 0 Å². The minimum atomic E-state index is -0.708. The summed E-state index contributed by atoms with van der Waals surface area (Å²) >= 11 is 0. The van der Waals surface area contributed by atoms with Crippen LogP contribution in [0.1, 0.15) is 10.4 Å². The average molecular weight is 384 g/mol. The fourth-order valence-corrected chi connectivity index (χ4v) is 2.73. The summed E-state index contributed by atoms with van der Waals surface area (Å²) < 4.78 is 21.1. The third kappa shape index (κ3) is 3.37. The van der Waals surface area contributed by atoms with Crippen LogP contribution in [0.15, 0.2) is 42.6 Å². The van der Waals surface area contributed by atoms with E-state index in [1.54, 1.807) is 6.07 Å². The van der Waals surface area contributed by atoms with Crippen molar-refractivity contribution in [2.75, 3.05) is 21.3 Å². The van der Waals surface area contributed by atoms with E-state index in [2.05, 4.69) is 4.98 Å². The molecule has 9 nitrogen and oxygen atoms in total. The van der Waals surface area contributed by atoms with Gasteiger partial charge in [0.15, 0.2) is 17.2 Å². The minimum absolute atomic E-state index is 0.0972. The second kappa shape index (κ2) is 7.78. The summed E-state index contributed by atoms with van der Waals surface area (Å²) in [6.07, 6.45) is 1.46. The number of hydrogen-bond donors (Lipinski definition) is 0. The quantitative estimate of drug-likeness (QED) is 0.275. The highest BCUT2D eigenvalue weighted by Crippen LogP contribution is 2.39. The van der Waals surface area contributed by atoms with Gasteiger partial charge in [0.05, 0.1) is 37.2 Å². The van der Waals surface area contributed by atoms with Gasteiger partial charge in [-0.15, -0.1) is 0 Å². The molecule has 0 radical (unpaired) electrons. The van der Waals surface area contributed by atoms with E-state index in [4.69, 9.17) is 18.9 Å². The summed E-state index contributed by atoms with van der Waals surface area (Å²) in [6.45, 7) is 0. The van der Waals surface area contributed by atoms with Gasteiger partial charge in [-0.3, -0.25) is 15.1 Å². The average Bonchev–Trinajstić information content (AvgIpc) is 2.72. The molecule has 2 aromatic carbocycles. The Balaban J connectivity index is 2.03. The zero-order chi connectivity index (χ0) is 20.3. The number of benzene rings is 2. The number of non-ortho nitro benzene ring substituents is 1. The van der Waals surface area contributed by atoms with Gasteiger partial charge in [-0.25, -0.2) is 4.79 Å². The second-order valence-corrected chi connectivity index (χ2v) is 5.54. The summed E-state index contributed by atoms with van der Waals surface area (Å²) in [5.74, 6) is 0.310. The van der Waals surface area contributed by atoms with Crippen molar-refractivity contribution in [3.8, 4) is 23.0 Å². The molecule has 0 aliphatic rings. The fraction of sp³-hybridized carbons (Fsp3) is 0.158. The first kappa shape index (κ1) is 18.9. The molecule has 0 amide bonds. The maximum atomic E-state index is 12.7. The molecule has 28 heavy (non-hydrogen) atoms. The lowest BCUT2D eigenvalue weighted by atomic mass is 10.1. The van der Waals surface area contributed by atoms with Gasteiger partial charge in [-0.2, -0.15) is 0 Å². The van der Waals surface area contributed by atoms with Gasteiger partial charge in [0.1, 0.15) is 5.52 Å². The molecule has 0 bridgehead atoms. The van der Waals surface area contributed by atoms with E-state index in [0.29, 0.717) is 17.2 Å². The van der Waals surface area contributed by atoms with Gasteiger partial charge in [0.2, 0.25) is 5.75 Å². The lowest BCUT2D eigenvalue weighted by Crippen LogP contribution is -2.10. The monoisotopic (exact) mass is 384 g/mol. The van der Waals surface area contributed by atoms with Crippen LogP contribution in [-0.4, -0.2) is 37.2 Å². The Morgan fingerprint density at radius 3 is 2.25 bits per heavy atom. The first-order chi connectivity index (χ1) is 13.5. The zero-order valence-corrected chi connectivity index (χ0v) is 15.3. The number of ether oxygens (including phenoxy) is 4. The molecule has 1 aromatic heterocycles. The first-order valence-corrected chi connectivity index (χ1v) is 8.04. The van der Waals surface area contributed by atoms with Gasteiger partial charge >= 0.3 is 5.97 Å². The van der Waals surface area contributed by atoms with Crippen LogP contribution >= 0.6 is 0 Å². The number of nitro benzene ring substituents is 1. The summed E-state index contributed by atoms with van der Waals surface area (Å²) in [4.78, 5) is 27.5. The standard InChI is InChI=1S/C19H16N2O7/c1-25-15-9-11(10-16(26-2)18(15)27-3)19(22)28-14-7-6-13(21(23)24)12-5-4-8-20-17(12)14/h4-10H,1-3H3. The molecule has 0 saturated carbocycles. The Morgan fingerprint density at radius 2 is 1.68 bits per heavy atom. The second-order valence-electron chi connectivity index (χ2n) is 5.54. The Morgan fingerprint density at radius 1 is 1.00 bits per heavy atom. The molecule has 3 rings (SSSR count). The molecule has 9 heteroatoms. The lowest BCUT2D eigenvalue weighted by Gasteiger charge is -2.14. The van der Waals surface area contributed by atoms with Crippen LogP contribution in [0.4, 0.5) is 5.69 Å². The van der Waals surface area contributed by atoms with Gasteiger partial charge in [-0.1, -0.05) is 0 Å². The smallest absolute Gasteiger partial charge is 0.343 e. The van der Waals surface area contributed by atoms with Crippen LogP contribution in [0.2, 0.25) is 0 Å². The minimum Gasteiger partial charge on any atom is -0.493 e. The number of nitro groups is 1. The van der Waals surface area contributed by atoms with Crippen LogP contribution in [0.25, 0.3) is 10.9 Å². The molecule has 0 fully saturated rings. The molecule has 0 saturated heterocycles. The Bertz CT molecular complexity index is 1040. The predicted octanol–water partition coefficient (Wildman–Crippen LogP) is 3.39. The van der Waals surface area contributed by atoms with Crippen molar-refractivity contribution >= 4 is 22.6 Å². The van der Waals surface area contributed by atoms with Gasteiger partial charge in [0.25, 0.3) is 5.69 Å². The third-order valence-electron chi connectivity index (χ3n) is 4.01. The largest absolute Gasteiger partial charge is 0.493 e. The Labute approximate surface area is 159 Å². The molecule has 144 valence electrons. The van der Waals surface area contributed by atoms with Crippen molar-refractivity contribution in [2.45, 2.75) is 0 Å². The van der Waals surface area contributed by atoms with Gasteiger partial charge in [0, 0.05) is 12.3 Å². The summed E-state index contributed by atoms with van der Waals surface area (Å²) in [6, 6.07) is 8.61. The predicted molar refractivity (Wildman–Crippen MR) is 99.5 cm³/mol. The number of nitrogens with zero attached hydrogens (tertiary/aromatic N) is 2. The van der Waals surface area contributed by atoms with E-state index in [0.717, 1.165) is 0 Å². The van der Waals surface area contributed by atoms with E-state index in [-0.39, 0.29) is 27.9 Å². The molecule has 0 aliphatic carbocycles. The van der Waals surface area contributed by atoms with Crippen molar-refractivity contribution in [1.29, 1.82) is 0 Å². The fourth-order valence-electron chi connectivity index (χ4n) is 2.73. The zero-order valence-electron chi connectivity index (χ0n) is 15.3. The topological polar surface area (TPSA) is 110 Å². The Kier molecular flexibility index (Phi) is 5.25. The normalized spacial score (nSPS) is 10.4. The number of methoxy groups -OCH3 is 3. The van der Waals surface area contributed by atoms with Crippen LogP contribution < -0.4 is 18.9 Å². The van der Waals surface area contributed by atoms with Crippen molar-refractivity contribution < 1.29 is 28.7 Å². The molecular formula is C19H16N2O7. The lowest BCUT2D eigenvalue weighted by molar-refractivity contribution is -0.383. The summed E-state index contributed by atoms with van der Waals surface area (Å²) in [7, 11) is 4.31. The van der Waals surface area contributed by atoms with Crippen LogP contribution in [0.3, 0.4) is 0 Å². The van der Waals surface area contributed by atoms with E-state index in [1.165, 1.54) is 57.9 Å². The number of carbonyl (C=O) groups is 1. The van der Waals surface area contributed by atoms with E-state index < -0.39 is 10.9 Å². The molecule has 1 heterocycles. The number of hydrogen-bond acceptors (Lipinski definition) is 8. The molecule has 0 spiro atoms. The van der Waals surface area contributed by atoms with Crippen molar-refractivity contribution in [3.05, 3.63) is 58.3 Å². The number of rotatable bonds is 6. The molecule has 3 aromatic rings. The maximum Gasteiger partial charge on any atom is 0.343 e. The van der Waals surface area contributed by atoms with Gasteiger partial charge < -0.3 is 18.9 Å². The number of fused-ring (bicyclic) bond motifs is 1. The Hall–Kier alpha value is -3.88. The van der Waals surface area contributed by atoms with Gasteiger partial charge in [-0.05, 0) is 30.3 Å². The van der Waals surface area contributed by atoms with Crippen molar-refractivity contribution in [2.24, 2.45) is 0 Å². The van der Waals surface area contributed by atoms with Crippen LogP contribution in [0, 0.1) is 10.1 Å². The highest BCUT2D eigenvalue weighted by atomic mass is 16.6. The third-order valence-corrected chi connectivity index (χ3v) is 4.01. The SMILES string of the molecule is COc1cc(C(=O)Oc2ccc([N+](=O)[O-])c3cccnc23)cc(OC)c1OC. The summed E-state index contributed by atoms with van der Waals surface area (Å²) in [5, 5.41) is 11.5. The van der Waals surface area contributed by atoms with Crippen molar-refractivity contribution in [3.63, 3.8) is 0 Å². The van der Waals surface area contributed by atoms with E-state index >= 15 is 0 Å². The van der Waals surface area contributed by atoms with E-state index in [1.807, 2.05) is 0 Å². The number of carbonyl (C=O) groups excluding carboxylic acids is 1. The first-order valence-electron chi connectivity index (χ1n) is 8.04. The number of pyridine rings is 1. The van der Waals surface area contributed by atoms with E-state index in [9.17, 15) is 14.9 Å². The molecule has 0 N–H and O–H groups in total. The summed E-state index contributed by atoms with van der Waals surface area (Å²) in [5.41, 5.74) is 0.227. The molecular weight excluding hydrogens is 368 g/mol. The molecule has 0 aliphatic heterocycles. The van der Waals surface area contributed by atoms with Crippen LogP contribution in [0.5, 0.6) is 23.0 Å². The number of aromatic nitrogens is 1. The number of esters is 1.